The number of carbonyl (C=O) groups excluding carboxylic acids is 1. The molecule has 0 spiro atoms. The zero-order valence-corrected chi connectivity index (χ0v) is 16.4. The summed E-state index contributed by atoms with van der Waals surface area (Å²) in [5.74, 6) is -1.26. The van der Waals surface area contributed by atoms with E-state index in [1.165, 1.54) is 18.2 Å². The summed E-state index contributed by atoms with van der Waals surface area (Å²) in [6.07, 6.45) is -2.21. The van der Waals surface area contributed by atoms with Gasteiger partial charge in [-0.2, -0.15) is 0 Å². The monoisotopic (exact) mass is 434 g/mol. The maximum absolute atomic E-state index is 13.0. The van der Waals surface area contributed by atoms with Crippen LogP contribution in [0.5, 0.6) is 0 Å². The van der Waals surface area contributed by atoms with E-state index in [2.05, 4.69) is 4.72 Å². The standard InChI is InChI=1S/C18H18ClF3N2O3S/c1-2-9-24(11-17(21)22)18(25)12-3-8-15(19)16(10-12)23-28(26,27)14-6-4-13(20)5-7-14/h3-8,10,17,23H,2,9,11H2,1H3. The molecule has 1 amide bonds. The highest BCUT2D eigenvalue weighted by Crippen LogP contribution is 2.27. The van der Waals surface area contributed by atoms with Crippen LogP contribution in [-0.4, -0.2) is 38.7 Å². The van der Waals surface area contributed by atoms with Gasteiger partial charge in [-0.15, -0.1) is 0 Å². The van der Waals surface area contributed by atoms with Crippen molar-refractivity contribution in [1.29, 1.82) is 0 Å². The Hall–Kier alpha value is -2.26. The molecule has 152 valence electrons. The number of rotatable bonds is 8. The molecule has 0 heterocycles. The zero-order valence-electron chi connectivity index (χ0n) is 14.8. The molecule has 0 bridgehead atoms. The quantitative estimate of drug-likeness (QED) is 0.669. The maximum atomic E-state index is 13.0. The van der Waals surface area contributed by atoms with Gasteiger partial charge in [0.05, 0.1) is 22.2 Å². The van der Waals surface area contributed by atoms with Crippen LogP contribution in [0.4, 0.5) is 18.9 Å². The number of sulfonamides is 1. The Morgan fingerprint density at radius 1 is 1.18 bits per heavy atom. The Morgan fingerprint density at radius 2 is 1.82 bits per heavy atom. The Kier molecular flexibility index (Phi) is 7.31. The second kappa shape index (κ2) is 9.29. The summed E-state index contributed by atoms with van der Waals surface area (Å²) < 4.78 is 65.6. The van der Waals surface area contributed by atoms with Crippen molar-refractivity contribution in [3.05, 3.63) is 58.9 Å². The summed E-state index contributed by atoms with van der Waals surface area (Å²) in [5.41, 5.74) is -0.0827. The van der Waals surface area contributed by atoms with Crippen LogP contribution in [-0.2, 0) is 10.0 Å². The van der Waals surface area contributed by atoms with Gasteiger partial charge in [-0.3, -0.25) is 9.52 Å². The fourth-order valence-corrected chi connectivity index (χ4v) is 3.74. The molecular weight excluding hydrogens is 417 g/mol. The second-order valence-corrected chi connectivity index (χ2v) is 7.99. The fraction of sp³-hybridized carbons (Fsp3) is 0.278. The lowest BCUT2D eigenvalue weighted by atomic mass is 10.1. The van der Waals surface area contributed by atoms with Gasteiger partial charge < -0.3 is 4.90 Å². The Balaban J connectivity index is 2.32. The summed E-state index contributed by atoms with van der Waals surface area (Å²) in [6, 6.07) is 7.93. The van der Waals surface area contributed by atoms with Gasteiger partial charge in [0.25, 0.3) is 22.4 Å². The summed E-state index contributed by atoms with van der Waals surface area (Å²) in [7, 11) is -4.09. The van der Waals surface area contributed by atoms with Crippen molar-refractivity contribution in [1.82, 2.24) is 4.90 Å². The predicted molar refractivity (Wildman–Crippen MR) is 101 cm³/mol. The first-order valence-corrected chi connectivity index (χ1v) is 10.2. The van der Waals surface area contributed by atoms with Crippen LogP contribution in [0, 0.1) is 5.82 Å². The molecule has 0 aliphatic heterocycles. The molecule has 10 heteroatoms. The van der Waals surface area contributed by atoms with E-state index < -0.39 is 34.7 Å². The highest BCUT2D eigenvalue weighted by atomic mass is 35.5. The second-order valence-electron chi connectivity index (χ2n) is 5.90. The molecule has 0 aliphatic rings. The van der Waals surface area contributed by atoms with Crippen molar-refractivity contribution >= 4 is 33.2 Å². The van der Waals surface area contributed by atoms with E-state index in [1.54, 1.807) is 6.92 Å². The fourth-order valence-electron chi connectivity index (χ4n) is 2.45. The average molecular weight is 435 g/mol. The number of anilines is 1. The number of carbonyl (C=O) groups is 1. The molecule has 0 saturated carbocycles. The molecule has 0 unspecified atom stereocenters. The van der Waals surface area contributed by atoms with Crippen LogP contribution in [0.2, 0.25) is 5.02 Å². The predicted octanol–water partition coefficient (Wildman–Crippen LogP) is 4.40. The van der Waals surface area contributed by atoms with Gasteiger partial charge in [-0.25, -0.2) is 21.6 Å². The van der Waals surface area contributed by atoms with Gasteiger partial charge in [0.15, 0.2) is 0 Å². The van der Waals surface area contributed by atoms with E-state index >= 15 is 0 Å². The number of alkyl halides is 2. The van der Waals surface area contributed by atoms with Crippen molar-refractivity contribution < 1.29 is 26.4 Å². The molecule has 0 radical (unpaired) electrons. The van der Waals surface area contributed by atoms with Gasteiger partial charge in [0, 0.05) is 12.1 Å². The summed E-state index contributed by atoms with van der Waals surface area (Å²) in [4.78, 5) is 13.3. The van der Waals surface area contributed by atoms with E-state index in [1.807, 2.05) is 0 Å². The van der Waals surface area contributed by atoms with E-state index in [-0.39, 0.29) is 27.7 Å². The summed E-state index contributed by atoms with van der Waals surface area (Å²) >= 11 is 6.01. The Morgan fingerprint density at radius 3 is 2.39 bits per heavy atom. The van der Waals surface area contributed by atoms with Crippen molar-refractivity contribution in [3.8, 4) is 0 Å². The molecule has 28 heavy (non-hydrogen) atoms. The van der Waals surface area contributed by atoms with Gasteiger partial charge in [0.1, 0.15) is 5.82 Å². The molecule has 2 aromatic rings. The van der Waals surface area contributed by atoms with E-state index in [9.17, 15) is 26.4 Å². The smallest absolute Gasteiger partial charge is 0.261 e. The van der Waals surface area contributed by atoms with Gasteiger partial charge in [-0.1, -0.05) is 18.5 Å². The molecule has 5 nitrogen and oxygen atoms in total. The average Bonchev–Trinajstić information content (AvgIpc) is 2.62. The van der Waals surface area contributed by atoms with E-state index in [0.717, 1.165) is 29.2 Å². The van der Waals surface area contributed by atoms with Crippen LogP contribution in [0.1, 0.15) is 23.7 Å². The summed E-state index contributed by atoms with van der Waals surface area (Å²) in [5, 5.41) is 0.0122. The molecule has 2 aromatic carbocycles. The SMILES string of the molecule is CCCN(CC(F)F)C(=O)c1ccc(Cl)c(NS(=O)(=O)c2ccc(F)cc2)c1. The third kappa shape index (κ3) is 5.62. The number of nitrogens with one attached hydrogen (secondary N) is 1. The third-order valence-electron chi connectivity index (χ3n) is 3.72. The lowest BCUT2D eigenvalue weighted by Crippen LogP contribution is -2.35. The number of halogens is 4. The Bertz CT molecular complexity index is 938. The highest BCUT2D eigenvalue weighted by molar-refractivity contribution is 7.92. The van der Waals surface area contributed by atoms with Crippen LogP contribution in [0.3, 0.4) is 0 Å². The first kappa shape index (κ1) is 22.0. The van der Waals surface area contributed by atoms with Crippen LogP contribution < -0.4 is 4.72 Å². The maximum Gasteiger partial charge on any atom is 0.261 e. The largest absolute Gasteiger partial charge is 0.333 e. The zero-order chi connectivity index (χ0) is 20.9. The molecule has 0 atom stereocenters. The van der Waals surface area contributed by atoms with E-state index in [0.29, 0.717) is 6.42 Å². The molecule has 0 saturated heterocycles. The topological polar surface area (TPSA) is 66.5 Å². The van der Waals surface area contributed by atoms with Crippen molar-refractivity contribution in [2.24, 2.45) is 0 Å². The summed E-state index contributed by atoms with van der Waals surface area (Å²) in [6.45, 7) is 1.14. The number of amides is 1. The van der Waals surface area contributed by atoms with Crippen LogP contribution >= 0.6 is 11.6 Å². The lowest BCUT2D eigenvalue weighted by molar-refractivity contribution is 0.0555. The van der Waals surface area contributed by atoms with Gasteiger partial charge >= 0.3 is 0 Å². The minimum Gasteiger partial charge on any atom is -0.333 e. The number of hydrogen-bond donors (Lipinski definition) is 1. The first-order valence-electron chi connectivity index (χ1n) is 8.29. The molecule has 0 aromatic heterocycles. The van der Waals surface area contributed by atoms with Crippen molar-refractivity contribution in [2.45, 2.75) is 24.7 Å². The minimum absolute atomic E-state index is 0.00954. The molecule has 2 rings (SSSR count). The van der Waals surface area contributed by atoms with Crippen LogP contribution in [0.25, 0.3) is 0 Å². The third-order valence-corrected chi connectivity index (χ3v) is 5.43. The van der Waals surface area contributed by atoms with Gasteiger partial charge in [0.2, 0.25) is 0 Å². The Labute approximate surface area is 166 Å². The van der Waals surface area contributed by atoms with E-state index in [4.69, 9.17) is 11.6 Å². The van der Waals surface area contributed by atoms with Crippen molar-refractivity contribution in [2.75, 3.05) is 17.8 Å². The molecular formula is C18H18ClF3N2O3S. The number of benzene rings is 2. The number of hydrogen-bond acceptors (Lipinski definition) is 3. The van der Waals surface area contributed by atoms with Gasteiger partial charge in [-0.05, 0) is 48.9 Å². The minimum atomic E-state index is -4.09. The normalized spacial score (nSPS) is 11.5. The van der Waals surface area contributed by atoms with Crippen LogP contribution in [0.15, 0.2) is 47.4 Å². The lowest BCUT2D eigenvalue weighted by Gasteiger charge is -2.22. The highest BCUT2D eigenvalue weighted by Gasteiger charge is 2.21. The van der Waals surface area contributed by atoms with Crippen molar-refractivity contribution in [3.63, 3.8) is 0 Å². The number of nitrogens with zero attached hydrogens (tertiary/aromatic N) is 1. The molecule has 0 aliphatic carbocycles. The first-order chi connectivity index (χ1) is 13.1. The molecule has 0 fully saturated rings. The molecule has 1 N–H and O–H groups in total.